The molecule has 0 bridgehead atoms. The molecule has 2 N–H and O–H groups in total. The number of rotatable bonds is 2. The van der Waals surface area contributed by atoms with E-state index in [4.69, 9.17) is 0 Å². The lowest BCUT2D eigenvalue weighted by molar-refractivity contribution is -0.142. The van der Waals surface area contributed by atoms with Crippen LogP contribution in [0.5, 0.6) is 0 Å². The van der Waals surface area contributed by atoms with Crippen LogP contribution in [0.15, 0.2) is 22.7 Å². The zero-order valence-corrected chi connectivity index (χ0v) is 10.4. The van der Waals surface area contributed by atoms with Crippen molar-refractivity contribution in [3.05, 3.63) is 28.2 Å². The lowest BCUT2D eigenvalue weighted by Crippen LogP contribution is -2.34. The van der Waals surface area contributed by atoms with Crippen LogP contribution >= 0.6 is 15.9 Å². The number of hydroxylamine groups is 1. The largest absolute Gasteiger partial charge is 0.333 e. The Labute approximate surface area is 101 Å². The van der Waals surface area contributed by atoms with Crippen LogP contribution in [-0.2, 0) is 14.4 Å². The van der Waals surface area contributed by atoms with Crippen LogP contribution in [-0.4, -0.2) is 18.9 Å². The lowest BCUT2D eigenvalue weighted by atomic mass is 10.2. The Morgan fingerprint density at radius 2 is 2.00 bits per heavy atom. The molecule has 1 aromatic rings. The molecule has 6 heteroatoms. The highest BCUT2D eigenvalue weighted by Crippen LogP contribution is 2.19. The molecule has 0 saturated carbocycles. The number of anilines is 1. The molecule has 5 nitrogen and oxygen atoms in total. The normalized spacial score (nSPS) is 9.69. The first kappa shape index (κ1) is 12.7. The summed E-state index contributed by atoms with van der Waals surface area (Å²) in [5.74, 6) is -1.61. The number of hydrogen-bond acceptors (Lipinski definition) is 3. The van der Waals surface area contributed by atoms with Crippen molar-refractivity contribution in [2.24, 2.45) is 0 Å². The van der Waals surface area contributed by atoms with Gasteiger partial charge in [0.2, 0.25) is 0 Å². The van der Waals surface area contributed by atoms with E-state index in [-0.39, 0.29) is 0 Å². The molecule has 0 aromatic heterocycles. The summed E-state index contributed by atoms with van der Waals surface area (Å²) >= 11 is 3.30. The maximum atomic E-state index is 11.3. The maximum Gasteiger partial charge on any atom is 0.333 e. The zero-order chi connectivity index (χ0) is 12.1. The summed E-state index contributed by atoms with van der Waals surface area (Å²) in [5.41, 5.74) is 3.37. The van der Waals surface area contributed by atoms with Crippen LogP contribution in [0.25, 0.3) is 0 Å². The van der Waals surface area contributed by atoms with Crippen molar-refractivity contribution in [3.63, 3.8) is 0 Å². The molecule has 0 aliphatic rings. The number of carbonyl (C=O) groups excluding carboxylic acids is 2. The number of amides is 2. The van der Waals surface area contributed by atoms with Crippen molar-refractivity contribution in [2.45, 2.75) is 6.92 Å². The summed E-state index contributed by atoms with van der Waals surface area (Å²) < 4.78 is 0.907. The second kappa shape index (κ2) is 5.62. The van der Waals surface area contributed by atoms with Gasteiger partial charge < -0.3 is 5.32 Å². The standard InChI is InChI=1S/C10H11BrN2O3/c1-6-5-7(11)3-4-8(6)12-9(14)10(15)13-16-2/h3-5H,1-2H3,(H,12,14)(H,13,15). The quantitative estimate of drug-likeness (QED) is 0.637. The van der Waals surface area contributed by atoms with Crippen molar-refractivity contribution < 1.29 is 14.4 Å². The Hall–Kier alpha value is -1.40. The second-order valence-electron chi connectivity index (χ2n) is 3.05. The van der Waals surface area contributed by atoms with E-state index < -0.39 is 11.8 Å². The lowest BCUT2D eigenvalue weighted by Gasteiger charge is -2.07. The van der Waals surface area contributed by atoms with E-state index in [0.717, 1.165) is 10.0 Å². The van der Waals surface area contributed by atoms with Gasteiger partial charge in [0, 0.05) is 10.2 Å². The molecule has 0 radical (unpaired) electrons. The van der Waals surface area contributed by atoms with Crippen molar-refractivity contribution >= 4 is 33.4 Å². The molecule has 0 aliphatic carbocycles. The van der Waals surface area contributed by atoms with E-state index in [1.807, 2.05) is 18.5 Å². The molecular formula is C10H11BrN2O3. The summed E-state index contributed by atoms with van der Waals surface area (Å²) in [6, 6.07) is 5.32. The minimum absolute atomic E-state index is 0.583. The predicted molar refractivity (Wildman–Crippen MR) is 62.7 cm³/mol. The van der Waals surface area contributed by atoms with Crippen molar-refractivity contribution in [3.8, 4) is 0 Å². The van der Waals surface area contributed by atoms with Crippen LogP contribution in [0.3, 0.4) is 0 Å². The van der Waals surface area contributed by atoms with E-state index in [1.165, 1.54) is 7.11 Å². The third-order valence-electron chi connectivity index (χ3n) is 1.84. The maximum absolute atomic E-state index is 11.3. The number of nitrogens with one attached hydrogen (secondary N) is 2. The molecule has 86 valence electrons. The van der Waals surface area contributed by atoms with Gasteiger partial charge in [-0.25, -0.2) is 5.48 Å². The molecule has 0 fully saturated rings. The first-order chi connectivity index (χ1) is 7.54. The fraction of sp³-hybridized carbons (Fsp3) is 0.200. The number of carbonyl (C=O) groups is 2. The SMILES string of the molecule is CONC(=O)C(=O)Nc1ccc(Br)cc1C. The van der Waals surface area contributed by atoms with E-state index in [9.17, 15) is 9.59 Å². The number of hydrogen-bond donors (Lipinski definition) is 2. The predicted octanol–water partition coefficient (Wildman–Crippen LogP) is 1.37. The average molecular weight is 287 g/mol. The Morgan fingerprint density at radius 3 is 2.56 bits per heavy atom. The Morgan fingerprint density at radius 1 is 1.31 bits per heavy atom. The van der Waals surface area contributed by atoms with Crippen LogP contribution < -0.4 is 10.8 Å². The molecule has 0 aliphatic heterocycles. The zero-order valence-electron chi connectivity index (χ0n) is 8.83. The van der Waals surface area contributed by atoms with Gasteiger partial charge >= 0.3 is 11.8 Å². The molecule has 0 atom stereocenters. The molecule has 0 spiro atoms. The number of halogens is 1. The van der Waals surface area contributed by atoms with Crippen molar-refractivity contribution in [2.75, 3.05) is 12.4 Å². The fourth-order valence-corrected chi connectivity index (χ4v) is 1.56. The molecule has 0 heterocycles. The van der Waals surface area contributed by atoms with E-state index in [2.05, 4.69) is 26.1 Å². The van der Waals surface area contributed by atoms with Crippen molar-refractivity contribution in [1.82, 2.24) is 5.48 Å². The van der Waals surface area contributed by atoms with Gasteiger partial charge in [0.05, 0.1) is 7.11 Å². The highest BCUT2D eigenvalue weighted by atomic mass is 79.9. The minimum atomic E-state index is -0.843. The molecule has 1 rings (SSSR count). The van der Waals surface area contributed by atoms with Gasteiger partial charge in [-0.1, -0.05) is 15.9 Å². The van der Waals surface area contributed by atoms with E-state index >= 15 is 0 Å². The summed E-state index contributed by atoms with van der Waals surface area (Å²) in [6.07, 6.45) is 0. The van der Waals surface area contributed by atoms with Gasteiger partial charge in [0.25, 0.3) is 0 Å². The minimum Gasteiger partial charge on any atom is -0.317 e. The highest BCUT2D eigenvalue weighted by Gasteiger charge is 2.13. The highest BCUT2D eigenvalue weighted by molar-refractivity contribution is 9.10. The molecule has 2 amide bonds. The van der Waals surface area contributed by atoms with E-state index in [0.29, 0.717) is 5.69 Å². The molecule has 0 unspecified atom stereocenters. The van der Waals surface area contributed by atoms with Gasteiger partial charge in [0.15, 0.2) is 0 Å². The summed E-state index contributed by atoms with van der Waals surface area (Å²) in [5, 5.41) is 2.47. The monoisotopic (exact) mass is 286 g/mol. The Kier molecular flexibility index (Phi) is 4.45. The summed E-state index contributed by atoms with van der Waals surface area (Å²) in [6.45, 7) is 1.83. The third-order valence-corrected chi connectivity index (χ3v) is 2.33. The van der Waals surface area contributed by atoms with Crippen LogP contribution in [0.1, 0.15) is 5.56 Å². The third kappa shape index (κ3) is 3.32. The van der Waals surface area contributed by atoms with E-state index in [1.54, 1.807) is 12.1 Å². The Bertz CT molecular complexity index is 421. The van der Waals surface area contributed by atoms with Crippen LogP contribution in [0, 0.1) is 6.92 Å². The van der Waals surface area contributed by atoms with Gasteiger partial charge in [-0.3, -0.25) is 14.4 Å². The summed E-state index contributed by atoms with van der Waals surface area (Å²) in [7, 11) is 1.26. The van der Waals surface area contributed by atoms with Crippen LogP contribution in [0.4, 0.5) is 5.69 Å². The number of benzene rings is 1. The fourth-order valence-electron chi connectivity index (χ4n) is 1.09. The van der Waals surface area contributed by atoms with Gasteiger partial charge in [-0.05, 0) is 30.7 Å². The Balaban J connectivity index is 2.73. The van der Waals surface area contributed by atoms with Gasteiger partial charge in [0.1, 0.15) is 0 Å². The molecule has 0 saturated heterocycles. The second-order valence-corrected chi connectivity index (χ2v) is 3.96. The topological polar surface area (TPSA) is 67.4 Å². The molecule has 1 aromatic carbocycles. The summed E-state index contributed by atoms with van der Waals surface area (Å²) in [4.78, 5) is 26.7. The number of aryl methyl sites for hydroxylation is 1. The average Bonchev–Trinajstić information content (AvgIpc) is 2.22. The molecular weight excluding hydrogens is 276 g/mol. The van der Waals surface area contributed by atoms with Crippen LogP contribution in [0.2, 0.25) is 0 Å². The van der Waals surface area contributed by atoms with Gasteiger partial charge in [-0.15, -0.1) is 0 Å². The van der Waals surface area contributed by atoms with Gasteiger partial charge in [-0.2, -0.15) is 0 Å². The first-order valence-electron chi connectivity index (χ1n) is 4.45. The first-order valence-corrected chi connectivity index (χ1v) is 5.24. The molecule has 16 heavy (non-hydrogen) atoms. The smallest absolute Gasteiger partial charge is 0.317 e. The van der Waals surface area contributed by atoms with Crippen molar-refractivity contribution in [1.29, 1.82) is 0 Å².